The SMILES string of the molecule is COc1nc(-c2ccnc(-c3cccc(NC(=O)c4nc5c(n4C)CCN(CCc4c(C)n[nH]c4C)C5)c3Cl)c2Cl)ccc1CNC[C@H]1CCC(=O)N1. The molecule has 0 radical (unpaired) electrons. The number of ether oxygens (including phenoxy) is 1. The van der Waals surface area contributed by atoms with Gasteiger partial charge in [0.05, 0.1) is 45.6 Å². The van der Waals surface area contributed by atoms with Crippen molar-refractivity contribution < 1.29 is 14.3 Å². The van der Waals surface area contributed by atoms with Crippen molar-refractivity contribution in [2.45, 2.75) is 58.7 Å². The average Bonchev–Trinajstić information content (AvgIpc) is 3.83. The number of methoxy groups -OCH3 is 1. The van der Waals surface area contributed by atoms with E-state index >= 15 is 0 Å². The number of hydrogen-bond donors (Lipinski definition) is 4. The van der Waals surface area contributed by atoms with Gasteiger partial charge in [-0.1, -0.05) is 41.4 Å². The highest BCUT2D eigenvalue weighted by Crippen LogP contribution is 2.40. The van der Waals surface area contributed by atoms with Crippen LogP contribution in [0.3, 0.4) is 0 Å². The average molecular weight is 758 g/mol. The lowest BCUT2D eigenvalue weighted by Gasteiger charge is -2.26. The van der Waals surface area contributed by atoms with E-state index in [0.717, 1.165) is 60.7 Å². The van der Waals surface area contributed by atoms with E-state index in [0.29, 0.717) is 76.0 Å². The Labute approximate surface area is 317 Å². The summed E-state index contributed by atoms with van der Waals surface area (Å²) in [5.41, 5.74) is 8.90. The standard InChI is InChI=1S/C38H42Cl2N10O3/c1-21-25(22(2)48-47-21)13-16-50-17-14-31-30(20-50)44-36(49(31)3)37(52)45-29-7-5-6-27(33(29)39)35-34(40)26(12-15-42-35)28-10-8-23(38(46-28)53-4)18-41-19-24-9-11-32(51)43-24/h5-8,10,12,15,24,41H,9,11,13-14,16-20H2,1-4H3,(H,43,51)(H,45,52)(H,47,48)/t24-/m1/s1. The topological polar surface area (TPSA) is 155 Å². The number of halogens is 2. The summed E-state index contributed by atoms with van der Waals surface area (Å²) >= 11 is 14.0. The minimum atomic E-state index is -0.358. The summed E-state index contributed by atoms with van der Waals surface area (Å²) in [6.45, 7) is 7.70. The van der Waals surface area contributed by atoms with Gasteiger partial charge in [0.15, 0.2) is 5.82 Å². The summed E-state index contributed by atoms with van der Waals surface area (Å²) in [7, 11) is 3.46. The Kier molecular flexibility index (Phi) is 10.8. The lowest BCUT2D eigenvalue weighted by molar-refractivity contribution is -0.119. The van der Waals surface area contributed by atoms with Crippen LogP contribution in [0.2, 0.25) is 10.0 Å². The molecule has 276 valence electrons. The smallest absolute Gasteiger partial charge is 0.291 e. The van der Waals surface area contributed by atoms with Crippen LogP contribution in [0, 0.1) is 13.8 Å². The zero-order valence-electron chi connectivity index (χ0n) is 30.1. The number of nitrogens with one attached hydrogen (secondary N) is 4. The van der Waals surface area contributed by atoms with Crippen molar-refractivity contribution >= 4 is 40.7 Å². The van der Waals surface area contributed by atoms with Crippen LogP contribution in [-0.4, -0.2) is 79.2 Å². The molecule has 6 heterocycles. The van der Waals surface area contributed by atoms with E-state index in [2.05, 4.69) is 43.0 Å². The van der Waals surface area contributed by atoms with Crippen molar-refractivity contribution in [2.24, 2.45) is 7.05 Å². The Hall–Kier alpha value is -4.82. The molecule has 0 aliphatic carbocycles. The molecule has 1 atom stereocenters. The van der Waals surface area contributed by atoms with Gasteiger partial charge in [0.1, 0.15) is 0 Å². The quantitative estimate of drug-likeness (QED) is 0.131. The third-order valence-electron chi connectivity index (χ3n) is 10.1. The first kappa shape index (κ1) is 36.5. The number of fused-ring (bicyclic) bond motifs is 1. The van der Waals surface area contributed by atoms with E-state index in [1.54, 1.807) is 31.5 Å². The van der Waals surface area contributed by atoms with Gasteiger partial charge in [0.25, 0.3) is 5.91 Å². The zero-order valence-corrected chi connectivity index (χ0v) is 31.7. The van der Waals surface area contributed by atoms with Gasteiger partial charge in [-0.3, -0.25) is 24.6 Å². The molecule has 0 saturated carbocycles. The van der Waals surface area contributed by atoms with Crippen molar-refractivity contribution in [3.8, 4) is 28.4 Å². The van der Waals surface area contributed by atoms with Gasteiger partial charge in [-0.15, -0.1) is 0 Å². The fourth-order valence-electron chi connectivity index (χ4n) is 7.15. The summed E-state index contributed by atoms with van der Waals surface area (Å²) in [5.74, 6) is 0.515. The fourth-order valence-corrected chi connectivity index (χ4v) is 7.72. The summed E-state index contributed by atoms with van der Waals surface area (Å²) in [5, 5.41) is 17.4. The number of benzene rings is 1. The number of carbonyl (C=O) groups is 2. The van der Waals surface area contributed by atoms with Crippen molar-refractivity contribution in [3.05, 3.63) is 92.4 Å². The maximum absolute atomic E-state index is 13.7. The van der Waals surface area contributed by atoms with E-state index in [1.807, 2.05) is 36.7 Å². The molecule has 1 saturated heterocycles. The van der Waals surface area contributed by atoms with Crippen LogP contribution in [0.4, 0.5) is 5.69 Å². The first-order valence-corrected chi connectivity index (χ1v) is 18.4. The molecular formula is C38H42Cl2N10O3. The summed E-state index contributed by atoms with van der Waals surface area (Å²) in [4.78, 5) is 41.7. The molecule has 0 unspecified atom stereocenters. The Morgan fingerprint density at radius 2 is 1.92 bits per heavy atom. The van der Waals surface area contributed by atoms with Crippen molar-refractivity contribution in [1.82, 2.24) is 45.2 Å². The van der Waals surface area contributed by atoms with Gasteiger partial charge in [0, 0.05) is 92.9 Å². The molecule has 53 heavy (non-hydrogen) atoms. The molecular weight excluding hydrogens is 715 g/mol. The first-order valence-electron chi connectivity index (χ1n) is 17.7. The summed E-state index contributed by atoms with van der Waals surface area (Å²) < 4.78 is 7.51. The second kappa shape index (κ2) is 15.7. The molecule has 1 aromatic carbocycles. The van der Waals surface area contributed by atoms with Crippen molar-refractivity contribution in [3.63, 3.8) is 0 Å². The molecule has 15 heteroatoms. The van der Waals surface area contributed by atoms with Crippen LogP contribution in [-0.2, 0) is 37.8 Å². The van der Waals surface area contributed by atoms with Crippen LogP contribution in [0.1, 0.15) is 57.4 Å². The van der Waals surface area contributed by atoms with E-state index in [1.165, 1.54) is 5.56 Å². The maximum atomic E-state index is 13.7. The number of aromatic nitrogens is 6. The maximum Gasteiger partial charge on any atom is 0.291 e. The van der Waals surface area contributed by atoms with Crippen LogP contribution < -0.4 is 20.7 Å². The molecule has 13 nitrogen and oxygen atoms in total. The van der Waals surface area contributed by atoms with Gasteiger partial charge in [-0.2, -0.15) is 5.10 Å². The highest BCUT2D eigenvalue weighted by Gasteiger charge is 2.27. The Morgan fingerprint density at radius 3 is 2.68 bits per heavy atom. The number of amides is 2. The second-order valence-electron chi connectivity index (χ2n) is 13.5. The van der Waals surface area contributed by atoms with Crippen molar-refractivity contribution in [2.75, 3.05) is 32.1 Å². The van der Waals surface area contributed by atoms with Crippen LogP contribution in [0.25, 0.3) is 22.5 Å². The van der Waals surface area contributed by atoms with Crippen molar-refractivity contribution in [1.29, 1.82) is 0 Å². The number of aromatic amines is 1. The fraction of sp³-hybridized carbons (Fsp3) is 0.368. The third kappa shape index (κ3) is 7.65. The predicted octanol–water partition coefficient (Wildman–Crippen LogP) is 5.42. The molecule has 4 N–H and O–H groups in total. The Balaban J connectivity index is 1.05. The van der Waals surface area contributed by atoms with E-state index in [9.17, 15) is 9.59 Å². The van der Waals surface area contributed by atoms with E-state index in [-0.39, 0.29) is 17.9 Å². The molecule has 0 bridgehead atoms. The normalized spacial score (nSPS) is 15.7. The molecule has 2 amide bonds. The van der Waals surface area contributed by atoms with E-state index < -0.39 is 0 Å². The minimum absolute atomic E-state index is 0.0879. The molecule has 0 spiro atoms. The number of imidazole rings is 1. The van der Waals surface area contributed by atoms with E-state index in [4.69, 9.17) is 37.9 Å². The van der Waals surface area contributed by atoms with Gasteiger partial charge in [-0.25, -0.2) is 9.97 Å². The zero-order chi connectivity index (χ0) is 37.2. The number of hydrogen-bond acceptors (Lipinski definition) is 9. The van der Waals surface area contributed by atoms with Crippen LogP contribution >= 0.6 is 23.2 Å². The molecule has 1 fully saturated rings. The summed E-state index contributed by atoms with van der Waals surface area (Å²) in [6, 6.07) is 11.1. The predicted molar refractivity (Wildman–Crippen MR) is 204 cm³/mol. The Morgan fingerprint density at radius 1 is 1.08 bits per heavy atom. The number of nitrogens with zero attached hydrogens (tertiary/aromatic N) is 6. The van der Waals surface area contributed by atoms with Gasteiger partial charge in [-0.05, 0) is 50.5 Å². The van der Waals surface area contributed by atoms with Crippen LogP contribution in [0.15, 0.2) is 42.6 Å². The van der Waals surface area contributed by atoms with Gasteiger partial charge in [0.2, 0.25) is 11.8 Å². The number of rotatable bonds is 12. The number of pyridine rings is 2. The van der Waals surface area contributed by atoms with Gasteiger partial charge < -0.3 is 25.3 Å². The molecule has 4 aromatic heterocycles. The molecule has 5 aromatic rings. The highest BCUT2D eigenvalue weighted by atomic mass is 35.5. The summed E-state index contributed by atoms with van der Waals surface area (Å²) in [6.07, 6.45) is 4.73. The lowest BCUT2D eigenvalue weighted by Crippen LogP contribution is -2.35. The monoisotopic (exact) mass is 756 g/mol. The number of carbonyl (C=O) groups excluding carboxylic acids is 2. The number of aryl methyl sites for hydroxylation is 2. The third-order valence-corrected chi connectivity index (χ3v) is 10.9. The largest absolute Gasteiger partial charge is 0.481 e. The first-order chi connectivity index (χ1) is 25.6. The van der Waals surface area contributed by atoms with Crippen LogP contribution in [0.5, 0.6) is 5.88 Å². The molecule has 7 rings (SSSR count). The van der Waals surface area contributed by atoms with Gasteiger partial charge >= 0.3 is 0 Å². The highest BCUT2D eigenvalue weighted by molar-refractivity contribution is 6.39. The second-order valence-corrected chi connectivity index (χ2v) is 14.3. The number of anilines is 1. The Bertz CT molecular complexity index is 2160. The molecule has 2 aliphatic heterocycles. The lowest BCUT2D eigenvalue weighted by atomic mass is 10.1. The number of H-pyrrole nitrogens is 1. The minimum Gasteiger partial charge on any atom is -0.481 e. The molecule has 2 aliphatic rings.